The van der Waals surface area contributed by atoms with Crippen LogP contribution in [0.4, 0.5) is 10.5 Å². The van der Waals surface area contributed by atoms with Crippen molar-refractivity contribution >= 4 is 39.5 Å². The van der Waals surface area contributed by atoms with Crippen LogP contribution in [0.5, 0.6) is 0 Å². The van der Waals surface area contributed by atoms with Gasteiger partial charge in [-0.05, 0) is 55.7 Å². The number of halogens is 1. The lowest BCUT2D eigenvalue weighted by molar-refractivity contribution is -0.133. The summed E-state index contributed by atoms with van der Waals surface area (Å²) in [4.78, 5) is 38.7. The predicted octanol–water partition coefficient (Wildman–Crippen LogP) is 3.47. The number of hydrogen-bond donors (Lipinski definition) is 2. The van der Waals surface area contributed by atoms with Crippen molar-refractivity contribution in [3.63, 3.8) is 0 Å². The molecule has 0 aromatic heterocycles. The summed E-state index contributed by atoms with van der Waals surface area (Å²) in [5.74, 6) is -0.873. The summed E-state index contributed by atoms with van der Waals surface area (Å²) >= 11 is 3.37. The topological polar surface area (TPSA) is 78.5 Å². The Morgan fingerprint density at radius 2 is 1.85 bits per heavy atom. The Bertz CT molecular complexity index is 944. The van der Waals surface area contributed by atoms with Crippen molar-refractivity contribution in [3.05, 3.63) is 63.6 Å². The number of rotatable bonds is 4. The highest BCUT2D eigenvalue weighted by molar-refractivity contribution is 9.10. The van der Waals surface area contributed by atoms with E-state index >= 15 is 0 Å². The zero-order chi connectivity index (χ0) is 19.8. The average molecular weight is 430 g/mol. The highest BCUT2D eigenvalue weighted by Crippen LogP contribution is 2.31. The summed E-state index contributed by atoms with van der Waals surface area (Å²) in [6.45, 7) is 5.06. The standard InChI is InChI=1S/C20H20BrN3O3/c1-12-6-4-5-7-15(12)20(3)18(26)24(19(27)23-20)11-17(25)22-16-9-8-14(21)10-13(16)2/h4-10H,11H2,1-3H3,(H,22,25)(H,23,27). The van der Waals surface area contributed by atoms with Gasteiger partial charge >= 0.3 is 6.03 Å². The number of aryl methyl sites for hydroxylation is 2. The van der Waals surface area contributed by atoms with Crippen molar-refractivity contribution in [3.8, 4) is 0 Å². The van der Waals surface area contributed by atoms with Gasteiger partial charge in [-0.3, -0.25) is 14.5 Å². The molecule has 1 aliphatic heterocycles. The molecule has 0 aliphatic carbocycles. The molecule has 4 amide bonds. The van der Waals surface area contributed by atoms with Gasteiger partial charge in [-0.1, -0.05) is 40.2 Å². The molecule has 1 heterocycles. The third-order valence-electron chi connectivity index (χ3n) is 4.72. The largest absolute Gasteiger partial charge is 0.325 e. The highest BCUT2D eigenvalue weighted by Gasteiger charge is 2.49. The summed E-state index contributed by atoms with van der Waals surface area (Å²) in [6.07, 6.45) is 0. The molecular weight excluding hydrogens is 410 g/mol. The van der Waals surface area contributed by atoms with Gasteiger partial charge in [0, 0.05) is 10.2 Å². The van der Waals surface area contributed by atoms with Crippen molar-refractivity contribution < 1.29 is 14.4 Å². The van der Waals surface area contributed by atoms with Crippen molar-refractivity contribution in [2.24, 2.45) is 0 Å². The molecule has 0 spiro atoms. The molecule has 1 atom stereocenters. The number of anilines is 1. The molecule has 0 radical (unpaired) electrons. The molecule has 1 saturated heterocycles. The lowest BCUT2D eigenvalue weighted by Gasteiger charge is -2.24. The third-order valence-corrected chi connectivity index (χ3v) is 5.22. The molecule has 1 aliphatic rings. The van der Waals surface area contributed by atoms with Gasteiger partial charge in [-0.2, -0.15) is 0 Å². The first-order valence-corrected chi connectivity index (χ1v) is 9.28. The van der Waals surface area contributed by atoms with E-state index < -0.39 is 23.4 Å². The van der Waals surface area contributed by atoms with Crippen molar-refractivity contribution in [1.29, 1.82) is 0 Å². The fraction of sp³-hybridized carbons (Fsp3) is 0.250. The van der Waals surface area contributed by atoms with Crippen LogP contribution in [0, 0.1) is 13.8 Å². The molecule has 1 unspecified atom stereocenters. The number of carbonyl (C=O) groups excluding carboxylic acids is 3. The molecule has 1 fully saturated rings. The normalized spacial score (nSPS) is 19.2. The molecule has 2 aromatic carbocycles. The fourth-order valence-electron chi connectivity index (χ4n) is 3.26. The van der Waals surface area contributed by atoms with Crippen LogP contribution in [0.25, 0.3) is 0 Å². The van der Waals surface area contributed by atoms with E-state index in [1.54, 1.807) is 13.0 Å². The molecule has 140 valence electrons. The minimum absolute atomic E-state index is 0.346. The number of imide groups is 1. The second-order valence-electron chi connectivity index (χ2n) is 6.77. The Morgan fingerprint density at radius 1 is 1.15 bits per heavy atom. The van der Waals surface area contributed by atoms with Crippen LogP contribution in [0.3, 0.4) is 0 Å². The second kappa shape index (κ2) is 7.15. The van der Waals surface area contributed by atoms with Gasteiger partial charge in [-0.25, -0.2) is 4.79 Å². The molecule has 6 nitrogen and oxygen atoms in total. The molecule has 2 N–H and O–H groups in total. The average Bonchev–Trinajstić information content (AvgIpc) is 2.82. The minimum atomic E-state index is -1.18. The van der Waals surface area contributed by atoms with E-state index in [9.17, 15) is 14.4 Å². The molecule has 0 saturated carbocycles. The number of hydrogen-bond acceptors (Lipinski definition) is 3. The summed E-state index contributed by atoms with van der Waals surface area (Å²) in [5.41, 5.74) is 1.94. The van der Waals surface area contributed by atoms with E-state index in [1.807, 2.05) is 50.2 Å². The molecule has 2 aromatic rings. The quantitative estimate of drug-likeness (QED) is 0.730. The molecule has 0 bridgehead atoms. The number of urea groups is 1. The second-order valence-corrected chi connectivity index (χ2v) is 7.68. The lowest BCUT2D eigenvalue weighted by Crippen LogP contribution is -2.42. The Hall–Kier alpha value is -2.67. The first kappa shape index (κ1) is 19.1. The summed E-state index contributed by atoms with van der Waals surface area (Å²) in [7, 11) is 0. The van der Waals surface area contributed by atoms with Gasteiger partial charge in [0.15, 0.2) is 0 Å². The minimum Gasteiger partial charge on any atom is -0.324 e. The highest BCUT2D eigenvalue weighted by atomic mass is 79.9. The van der Waals surface area contributed by atoms with E-state index in [2.05, 4.69) is 26.6 Å². The maximum atomic E-state index is 12.9. The summed E-state index contributed by atoms with van der Waals surface area (Å²) in [6, 6.07) is 12.3. The smallest absolute Gasteiger partial charge is 0.324 e. The van der Waals surface area contributed by atoms with Crippen LogP contribution in [0.1, 0.15) is 23.6 Å². The third kappa shape index (κ3) is 3.60. The zero-order valence-electron chi connectivity index (χ0n) is 15.3. The number of nitrogens with zero attached hydrogens (tertiary/aromatic N) is 1. The van der Waals surface area contributed by atoms with Gasteiger partial charge in [0.1, 0.15) is 12.1 Å². The Labute approximate surface area is 166 Å². The zero-order valence-corrected chi connectivity index (χ0v) is 16.9. The van der Waals surface area contributed by atoms with E-state index in [-0.39, 0.29) is 6.54 Å². The number of carbonyl (C=O) groups is 3. The molecule has 27 heavy (non-hydrogen) atoms. The van der Waals surface area contributed by atoms with Crippen LogP contribution in [0.2, 0.25) is 0 Å². The maximum absolute atomic E-state index is 12.9. The molecule has 3 rings (SSSR count). The van der Waals surface area contributed by atoms with Gasteiger partial charge in [0.25, 0.3) is 5.91 Å². The monoisotopic (exact) mass is 429 g/mol. The summed E-state index contributed by atoms with van der Waals surface area (Å²) in [5, 5.41) is 5.48. The van der Waals surface area contributed by atoms with Gasteiger partial charge in [-0.15, -0.1) is 0 Å². The van der Waals surface area contributed by atoms with Crippen molar-refractivity contribution in [2.75, 3.05) is 11.9 Å². The predicted molar refractivity (Wildman–Crippen MR) is 106 cm³/mol. The Balaban J connectivity index is 1.78. The van der Waals surface area contributed by atoms with Crippen molar-refractivity contribution in [1.82, 2.24) is 10.2 Å². The molecular formula is C20H20BrN3O3. The first-order chi connectivity index (χ1) is 12.7. The van der Waals surface area contributed by atoms with Gasteiger partial charge in [0.05, 0.1) is 0 Å². The van der Waals surface area contributed by atoms with E-state index in [4.69, 9.17) is 0 Å². The number of amides is 4. The Morgan fingerprint density at radius 3 is 2.52 bits per heavy atom. The van der Waals surface area contributed by atoms with Crippen LogP contribution < -0.4 is 10.6 Å². The van der Waals surface area contributed by atoms with Gasteiger partial charge < -0.3 is 10.6 Å². The Kier molecular flexibility index (Phi) is 5.06. The van der Waals surface area contributed by atoms with Crippen molar-refractivity contribution in [2.45, 2.75) is 26.3 Å². The van der Waals surface area contributed by atoms with Crippen LogP contribution in [-0.2, 0) is 15.1 Å². The van der Waals surface area contributed by atoms with Crippen LogP contribution >= 0.6 is 15.9 Å². The SMILES string of the molecule is Cc1cc(Br)ccc1NC(=O)CN1C(=O)NC(C)(c2ccccc2C)C1=O. The van der Waals surface area contributed by atoms with E-state index in [0.717, 1.165) is 26.1 Å². The van der Waals surface area contributed by atoms with E-state index in [0.29, 0.717) is 5.69 Å². The number of nitrogens with one attached hydrogen (secondary N) is 2. The van der Waals surface area contributed by atoms with Crippen LogP contribution in [0.15, 0.2) is 46.9 Å². The lowest BCUT2D eigenvalue weighted by atomic mass is 9.88. The van der Waals surface area contributed by atoms with E-state index in [1.165, 1.54) is 0 Å². The first-order valence-electron chi connectivity index (χ1n) is 8.48. The maximum Gasteiger partial charge on any atom is 0.325 e. The summed E-state index contributed by atoms with van der Waals surface area (Å²) < 4.78 is 0.904. The van der Waals surface area contributed by atoms with Crippen LogP contribution in [-0.4, -0.2) is 29.3 Å². The van der Waals surface area contributed by atoms with Gasteiger partial charge in [0.2, 0.25) is 5.91 Å². The number of benzene rings is 2. The molecule has 7 heteroatoms. The fourth-order valence-corrected chi connectivity index (χ4v) is 3.73.